The number of hydrogen-bond donors (Lipinski definition) is 2. The van der Waals surface area contributed by atoms with Gasteiger partial charge in [-0.05, 0) is 24.3 Å². The van der Waals surface area contributed by atoms with Gasteiger partial charge in [-0.2, -0.15) is 5.10 Å². The molecule has 3 aromatic rings. The normalized spacial score (nSPS) is 18.0. The number of hydrogen-bond acceptors (Lipinski definition) is 6. The van der Waals surface area contributed by atoms with Crippen LogP contribution in [-0.2, 0) is 11.8 Å². The zero-order valence-corrected chi connectivity index (χ0v) is 17.0. The molecule has 0 radical (unpaired) electrons. The zero-order valence-electron chi connectivity index (χ0n) is 17.0. The molecule has 4 rings (SSSR count). The number of carbonyl (C=O) groups excluding carboxylic acids is 2. The van der Waals surface area contributed by atoms with Crippen LogP contribution in [-0.4, -0.2) is 60.8 Å². The highest BCUT2D eigenvalue weighted by Gasteiger charge is 2.42. The third-order valence-electron chi connectivity index (χ3n) is 5.00. The predicted octanol–water partition coefficient (Wildman–Crippen LogP) is 0.588. The molecule has 3 N–H and O–H groups in total. The number of aryl methyl sites for hydroxylation is 1. The van der Waals surface area contributed by atoms with Gasteiger partial charge in [0.05, 0.1) is 5.69 Å². The van der Waals surface area contributed by atoms with Gasteiger partial charge in [0.2, 0.25) is 5.60 Å². The van der Waals surface area contributed by atoms with Gasteiger partial charge in [0, 0.05) is 44.4 Å². The molecule has 0 aliphatic carbocycles. The van der Waals surface area contributed by atoms with Crippen LogP contribution in [0.3, 0.4) is 0 Å². The van der Waals surface area contributed by atoms with E-state index in [-0.39, 0.29) is 17.9 Å². The number of amides is 2. The van der Waals surface area contributed by atoms with Crippen LogP contribution < -0.4 is 5.73 Å². The predicted molar refractivity (Wildman–Crippen MR) is 112 cm³/mol. The smallest absolute Gasteiger partial charge is 0.267 e. The summed E-state index contributed by atoms with van der Waals surface area (Å²) < 4.78 is 1.63. The van der Waals surface area contributed by atoms with Gasteiger partial charge in [-0.25, -0.2) is 9.97 Å². The second-order valence-electron chi connectivity index (χ2n) is 7.37. The van der Waals surface area contributed by atoms with Crippen molar-refractivity contribution in [3.63, 3.8) is 0 Å². The maximum Gasteiger partial charge on any atom is 0.267 e. The third-order valence-corrected chi connectivity index (χ3v) is 5.00. The summed E-state index contributed by atoms with van der Waals surface area (Å²) in [4.78, 5) is 34.2. The van der Waals surface area contributed by atoms with Crippen LogP contribution in [0.4, 0.5) is 0 Å². The molecule has 1 fully saturated rings. The zero-order chi connectivity index (χ0) is 22.2. The van der Waals surface area contributed by atoms with Crippen molar-refractivity contribution < 1.29 is 14.7 Å². The third kappa shape index (κ3) is 4.01. The summed E-state index contributed by atoms with van der Waals surface area (Å²) in [5.41, 5.74) is 6.06. The van der Waals surface area contributed by atoms with Gasteiger partial charge >= 0.3 is 0 Å². The summed E-state index contributed by atoms with van der Waals surface area (Å²) in [5.74, 6) is 4.76. The van der Waals surface area contributed by atoms with Crippen molar-refractivity contribution >= 4 is 11.8 Å². The molecule has 1 saturated heterocycles. The van der Waals surface area contributed by atoms with Gasteiger partial charge < -0.3 is 15.7 Å². The highest BCUT2D eigenvalue weighted by molar-refractivity contribution is 5.92. The van der Waals surface area contributed by atoms with E-state index in [0.717, 1.165) is 0 Å². The standard InChI is InChI=1S/C22H20N6O3/c1-27-11-9-22(31,21(27)30)8-6-14-4-3-5-15(12-14)20-24-17(13-18(25-20)19(23)29)16-7-10-28(2)26-16/h3-5,7,10,12-13,31H,9,11H2,1-2H3,(H2,23,29)/t22-/m0/s1. The van der Waals surface area contributed by atoms with E-state index in [1.165, 1.54) is 11.0 Å². The second-order valence-corrected chi connectivity index (χ2v) is 7.37. The quantitative estimate of drug-likeness (QED) is 0.602. The number of aliphatic hydroxyl groups is 1. The van der Waals surface area contributed by atoms with Gasteiger partial charge in [-0.1, -0.05) is 24.0 Å². The van der Waals surface area contributed by atoms with E-state index < -0.39 is 17.4 Å². The summed E-state index contributed by atoms with van der Waals surface area (Å²) in [6.45, 7) is 0.452. The fraction of sp³-hybridized carbons (Fsp3) is 0.227. The minimum atomic E-state index is -1.68. The fourth-order valence-corrected chi connectivity index (χ4v) is 3.27. The Morgan fingerprint density at radius 2 is 2.00 bits per heavy atom. The number of carbonyl (C=O) groups is 2. The molecule has 9 heteroatoms. The molecular weight excluding hydrogens is 396 g/mol. The van der Waals surface area contributed by atoms with Gasteiger partial charge in [0.25, 0.3) is 11.8 Å². The Labute approximate surface area is 178 Å². The lowest BCUT2D eigenvalue weighted by Crippen LogP contribution is -2.37. The van der Waals surface area contributed by atoms with E-state index in [9.17, 15) is 14.7 Å². The van der Waals surface area contributed by atoms with Crippen LogP contribution in [0.5, 0.6) is 0 Å². The van der Waals surface area contributed by atoms with Gasteiger partial charge in [-0.15, -0.1) is 0 Å². The molecule has 0 saturated carbocycles. The van der Waals surface area contributed by atoms with E-state index in [0.29, 0.717) is 29.1 Å². The van der Waals surface area contributed by atoms with Crippen molar-refractivity contribution in [3.8, 4) is 34.6 Å². The van der Waals surface area contributed by atoms with Crippen molar-refractivity contribution in [2.45, 2.75) is 12.0 Å². The maximum absolute atomic E-state index is 12.1. The van der Waals surface area contributed by atoms with Crippen LogP contribution in [0.1, 0.15) is 22.5 Å². The molecule has 1 atom stereocenters. The monoisotopic (exact) mass is 416 g/mol. The topological polar surface area (TPSA) is 127 Å². The molecule has 0 spiro atoms. The number of benzene rings is 1. The molecule has 3 heterocycles. The number of nitrogens with two attached hydrogens (primary N) is 1. The van der Waals surface area contributed by atoms with Crippen LogP contribution in [0.25, 0.3) is 22.8 Å². The number of likely N-dealkylation sites (N-methyl/N-ethyl adjacent to an activating group) is 1. The molecule has 1 aliphatic heterocycles. The minimum Gasteiger partial charge on any atom is -0.369 e. The number of nitrogens with zero attached hydrogens (tertiary/aromatic N) is 5. The molecule has 2 amide bonds. The van der Waals surface area contributed by atoms with Crippen molar-refractivity contribution in [3.05, 3.63) is 53.9 Å². The van der Waals surface area contributed by atoms with E-state index in [2.05, 4.69) is 26.9 Å². The number of likely N-dealkylation sites (tertiary alicyclic amines) is 1. The first kappa shape index (κ1) is 20.3. The Bertz CT molecular complexity index is 1260. The lowest BCUT2D eigenvalue weighted by Gasteiger charge is -2.13. The van der Waals surface area contributed by atoms with Gasteiger partial charge in [0.1, 0.15) is 11.4 Å². The summed E-state index contributed by atoms with van der Waals surface area (Å²) >= 11 is 0. The first-order valence-corrected chi connectivity index (χ1v) is 9.56. The Morgan fingerprint density at radius 1 is 1.19 bits per heavy atom. The molecule has 2 aromatic heterocycles. The van der Waals surface area contributed by atoms with Crippen LogP contribution >= 0.6 is 0 Å². The van der Waals surface area contributed by atoms with Gasteiger partial charge in [0.15, 0.2) is 5.82 Å². The molecular formula is C22H20N6O3. The van der Waals surface area contributed by atoms with Crippen LogP contribution in [0.2, 0.25) is 0 Å². The average Bonchev–Trinajstić information content (AvgIpc) is 3.31. The van der Waals surface area contributed by atoms with Crippen molar-refractivity contribution in [2.24, 2.45) is 12.8 Å². The second kappa shape index (κ2) is 7.66. The van der Waals surface area contributed by atoms with E-state index >= 15 is 0 Å². The molecule has 1 aromatic carbocycles. The Balaban J connectivity index is 1.73. The summed E-state index contributed by atoms with van der Waals surface area (Å²) in [5, 5.41) is 14.8. The first-order chi connectivity index (χ1) is 14.7. The molecule has 0 bridgehead atoms. The lowest BCUT2D eigenvalue weighted by molar-refractivity contribution is -0.137. The van der Waals surface area contributed by atoms with Crippen molar-refractivity contribution in [1.29, 1.82) is 0 Å². The summed E-state index contributed by atoms with van der Waals surface area (Å²) in [6, 6.07) is 10.3. The molecule has 0 unspecified atom stereocenters. The average molecular weight is 416 g/mol. The van der Waals surface area contributed by atoms with Crippen molar-refractivity contribution in [2.75, 3.05) is 13.6 Å². The number of primary amides is 1. The lowest BCUT2D eigenvalue weighted by atomic mass is 10.0. The molecule has 1 aliphatic rings. The number of rotatable bonds is 3. The van der Waals surface area contributed by atoms with E-state index in [1.54, 1.807) is 55.3 Å². The Hall–Kier alpha value is -4.03. The SMILES string of the molecule is CN1CC[C@@](O)(C#Cc2cccc(-c3nc(C(N)=O)cc(-c4ccn(C)n4)n3)c2)C1=O. The molecule has 156 valence electrons. The highest BCUT2D eigenvalue weighted by atomic mass is 16.3. The van der Waals surface area contributed by atoms with Crippen LogP contribution in [0, 0.1) is 11.8 Å². The number of aromatic nitrogens is 4. The highest BCUT2D eigenvalue weighted by Crippen LogP contribution is 2.23. The summed E-state index contributed by atoms with van der Waals surface area (Å²) in [7, 11) is 3.41. The molecule has 31 heavy (non-hydrogen) atoms. The largest absolute Gasteiger partial charge is 0.369 e. The van der Waals surface area contributed by atoms with Crippen molar-refractivity contribution in [1.82, 2.24) is 24.6 Å². The maximum atomic E-state index is 12.1. The Morgan fingerprint density at radius 3 is 2.65 bits per heavy atom. The summed E-state index contributed by atoms with van der Waals surface area (Å²) in [6.07, 6.45) is 2.02. The fourth-order valence-electron chi connectivity index (χ4n) is 3.27. The van der Waals surface area contributed by atoms with E-state index in [4.69, 9.17) is 5.73 Å². The minimum absolute atomic E-state index is 0.0658. The molecule has 9 nitrogen and oxygen atoms in total. The Kier molecular flexibility index (Phi) is 5.01. The first-order valence-electron chi connectivity index (χ1n) is 9.56. The van der Waals surface area contributed by atoms with Crippen LogP contribution in [0.15, 0.2) is 42.6 Å². The van der Waals surface area contributed by atoms with Gasteiger partial charge in [-0.3, -0.25) is 14.3 Å². The van der Waals surface area contributed by atoms with E-state index in [1.807, 2.05) is 0 Å².